The van der Waals surface area contributed by atoms with Gasteiger partial charge in [0.15, 0.2) is 0 Å². The largest absolute Gasteiger partial charge is 0.383 e. The second-order valence-corrected chi connectivity index (χ2v) is 4.71. The van der Waals surface area contributed by atoms with Crippen molar-refractivity contribution in [3.05, 3.63) is 53.1 Å². The number of hydrogen-bond donors (Lipinski definition) is 1. The summed E-state index contributed by atoms with van der Waals surface area (Å²) >= 11 is 0. The molecule has 0 fully saturated rings. The number of ether oxygens (including phenoxy) is 1. The van der Waals surface area contributed by atoms with Gasteiger partial charge in [0.25, 0.3) is 0 Å². The SMILES string of the molecule is COCCNCc1cnn(Cc2ccc(F)cc2)c1C. The highest BCUT2D eigenvalue weighted by Gasteiger charge is 2.06. The normalized spacial score (nSPS) is 10.9. The van der Waals surface area contributed by atoms with Gasteiger partial charge in [0.05, 0.1) is 19.3 Å². The number of hydrogen-bond acceptors (Lipinski definition) is 3. The lowest BCUT2D eigenvalue weighted by molar-refractivity contribution is 0.199. The van der Waals surface area contributed by atoms with E-state index in [1.54, 1.807) is 19.2 Å². The highest BCUT2D eigenvalue weighted by atomic mass is 19.1. The van der Waals surface area contributed by atoms with Crippen LogP contribution in [0.25, 0.3) is 0 Å². The lowest BCUT2D eigenvalue weighted by Gasteiger charge is -2.07. The molecule has 1 heterocycles. The minimum Gasteiger partial charge on any atom is -0.383 e. The molecule has 108 valence electrons. The number of nitrogens with zero attached hydrogens (tertiary/aromatic N) is 2. The fraction of sp³-hybridized carbons (Fsp3) is 0.400. The van der Waals surface area contributed by atoms with Crippen LogP contribution in [0.1, 0.15) is 16.8 Å². The van der Waals surface area contributed by atoms with Crippen LogP contribution in [0.4, 0.5) is 4.39 Å². The van der Waals surface area contributed by atoms with Gasteiger partial charge in [-0.1, -0.05) is 12.1 Å². The molecule has 1 N–H and O–H groups in total. The fourth-order valence-corrected chi connectivity index (χ4v) is 1.98. The molecular formula is C15H20FN3O. The molecule has 0 unspecified atom stereocenters. The summed E-state index contributed by atoms with van der Waals surface area (Å²) in [6, 6.07) is 6.52. The zero-order valence-electron chi connectivity index (χ0n) is 11.9. The summed E-state index contributed by atoms with van der Waals surface area (Å²) in [6.07, 6.45) is 1.87. The average Bonchev–Trinajstić information content (AvgIpc) is 2.79. The van der Waals surface area contributed by atoms with E-state index in [-0.39, 0.29) is 5.82 Å². The first-order valence-electron chi connectivity index (χ1n) is 6.66. The lowest BCUT2D eigenvalue weighted by Crippen LogP contribution is -2.18. The summed E-state index contributed by atoms with van der Waals surface area (Å²) in [4.78, 5) is 0. The van der Waals surface area contributed by atoms with Gasteiger partial charge < -0.3 is 10.1 Å². The number of rotatable bonds is 7. The predicted molar refractivity (Wildman–Crippen MR) is 76.0 cm³/mol. The molecule has 20 heavy (non-hydrogen) atoms. The van der Waals surface area contributed by atoms with Crippen LogP contribution in [0.15, 0.2) is 30.5 Å². The van der Waals surface area contributed by atoms with Crippen molar-refractivity contribution in [1.29, 1.82) is 0 Å². The van der Waals surface area contributed by atoms with Gasteiger partial charge in [0, 0.05) is 31.5 Å². The van der Waals surface area contributed by atoms with E-state index in [1.165, 1.54) is 17.7 Å². The second kappa shape index (κ2) is 7.17. The Morgan fingerprint density at radius 1 is 1.30 bits per heavy atom. The molecule has 0 atom stereocenters. The molecule has 0 aliphatic rings. The van der Waals surface area contributed by atoms with Crippen molar-refractivity contribution in [2.24, 2.45) is 0 Å². The molecule has 0 aliphatic heterocycles. The van der Waals surface area contributed by atoms with Gasteiger partial charge in [-0.25, -0.2) is 4.39 Å². The van der Waals surface area contributed by atoms with Crippen molar-refractivity contribution >= 4 is 0 Å². The third-order valence-electron chi connectivity index (χ3n) is 3.25. The highest BCUT2D eigenvalue weighted by Crippen LogP contribution is 2.10. The maximum atomic E-state index is 12.9. The molecule has 2 aromatic rings. The Balaban J connectivity index is 1.96. The average molecular weight is 277 g/mol. The van der Waals surface area contributed by atoms with Crippen molar-refractivity contribution < 1.29 is 9.13 Å². The summed E-state index contributed by atoms with van der Waals surface area (Å²) in [7, 11) is 1.69. The Labute approximate surface area is 118 Å². The summed E-state index contributed by atoms with van der Waals surface area (Å²) < 4.78 is 19.8. The quantitative estimate of drug-likeness (QED) is 0.788. The van der Waals surface area contributed by atoms with Crippen LogP contribution in [-0.2, 0) is 17.8 Å². The third kappa shape index (κ3) is 3.88. The van der Waals surface area contributed by atoms with Gasteiger partial charge in [-0.3, -0.25) is 4.68 Å². The maximum Gasteiger partial charge on any atom is 0.123 e. The topological polar surface area (TPSA) is 39.1 Å². The van der Waals surface area contributed by atoms with Crippen molar-refractivity contribution in [3.8, 4) is 0 Å². The fourth-order valence-electron chi connectivity index (χ4n) is 1.98. The second-order valence-electron chi connectivity index (χ2n) is 4.71. The molecule has 0 saturated heterocycles. The van der Waals surface area contributed by atoms with Crippen LogP contribution >= 0.6 is 0 Å². The van der Waals surface area contributed by atoms with Crippen molar-refractivity contribution in [2.45, 2.75) is 20.0 Å². The zero-order chi connectivity index (χ0) is 14.4. The van der Waals surface area contributed by atoms with Gasteiger partial charge in [-0.05, 0) is 24.6 Å². The van der Waals surface area contributed by atoms with Gasteiger partial charge >= 0.3 is 0 Å². The lowest BCUT2D eigenvalue weighted by atomic mass is 10.2. The molecule has 0 saturated carbocycles. The molecule has 1 aromatic carbocycles. The Kier molecular flexibility index (Phi) is 5.26. The number of benzene rings is 1. The van der Waals surface area contributed by atoms with Crippen LogP contribution < -0.4 is 5.32 Å². The summed E-state index contributed by atoms with van der Waals surface area (Å²) in [5.74, 6) is -0.214. The molecule has 0 amide bonds. The Morgan fingerprint density at radius 2 is 2.05 bits per heavy atom. The number of nitrogens with one attached hydrogen (secondary N) is 1. The third-order valence-corrected chi connectivity index (χ3v) is 3.25. The molecular weight excluding hydrogens is 257 g/mol. The van der Waals surface area contributed by atoms with Crippen molar-refractivity contribution in [1.82, 2.24) is 15.1 Å². The first-order valence-corrected chi connectivity index (χ1v) is 6.66. The van der Waals surface area contributed by atoms with Crippen LogP contribution in [0, 0.1) is 12.7 Å². The van der Waals surface area contributed by atoms with E-state index in [4.69, 9.17) is 4.74 Å². The van der Waals surface area contributed by atoms with Gasteiger partial charge in [0.2, 0.25) is 0 Å². The predicted octanol–water partition coefficient (Wildman–Crippen LogP) is 2.11. The summed E-state index contributed by atoms with van der Waals surface area (Å²) in [5, 5.41) is 7.68. The molecule has 0 aliphatic carbocycles. The Bertz CT molecular complexity index is 537. The van der Waals surface area contributed by atoms with Crippen LogP contribution in [0.5, 0.6) is 0 Å². The first kappa shape index (κ1) is 14.7. The molecule has 5 heteroatoms. The van der Waals surface area contributed by atoms with Gasteiger partial charge in [-0.15, -0.1) is 0 Å². The number of aromatic nitrogens is 2. The minimum absolute atomic E-state index is 0.214. The Morgan fingerprint density at radius 3 is 2.75 bits per heavy atom. The minimum atomic E-state index is -0.214. The maximum absolute atomic E-state index is 12.9. The van der Waals surface area contributed by atoms with E-state index in [0.29, 0.717) is 13.2 Å². The van der Waals surface area contributed by atoms with E-state index in [0.717, 1.165) is 24.3 Å². The molecule has 2 rings (SSSR count). The molecule has 1 aromatic heterocycles. The molecule has 0 bridgehead atoms. The van der Waals surface area contributed by atoms with E-state index in [1.807, 2.05) is 17.8 Å². The van der Waals surface area contributed by atoms with E-state index in [2.05, 4.69) is 10.4 Å². The molecule has 0 spiro atoms. The van der Waals surface area contributed by atoms with Gasteiger partial charge in [0.1, 0.15) is 5.82 Å². The number of methoxy groups -OCH3 is 1. The van der Waals surface area contributed by atoms with E-state index < -0.39 is 0 Å². The van der Waals surface area contributed by atoms with Crippen LogP contribution in [0.3, 0.4) is 0 Å². The standard InChI is InChI=1S/C15H20FN3O/c1-12-14(9-17-7-8-20-2)10-18-19(12)11-13-3-5-15(16)6-4-13/h3-6,10,17H,7-9,11H2,1-2H3. The van der Waals surface area contributed by atoms with E-state index >= 15 is 0 Å². The zero-order valence-corrected chi connectivity index (χ0v) is 11.9. The molecule has 4 nitrogen and oxygen atoms in total. The van der Waals surface area contributed by atoms with Crippen molar-refractivity contribution in [2.75, 3.05) is 20.3 Å². The molecule has 0 radical (unpaired) electrons. The van der Waals surface area contributed by atoms with Gasteiger partial charge in [-0.2, -0.15) is 5.10 Å². The van der Waals surface area contributed by atoms with Crippen molar-refractivity contribution in [3.63, 3.8) is 0 Å². The van der Waals surface area contributed by atoms with E-state index in [9.17, 15) is 4.39 Å². The highest BCUT2D eigenvalue weighted by molar-refractivity contribution is 5.20. The monoisotopic (exact) mass is 277 g/mol. The number of halogens is 1. The first-order chi connectivity index (χ1) is 9.70. The Hall–Kier alpha value is -1.72. The summed E-state index contributed by atoms with van der Waals surface area (Å²) in [5.41, 5.74) is 3.33. The summed E-state index contributed by atoms with van der Waals surface area (Å²) in [6.45, 7) is 4.99. The van der Waals surface area contributed by atoms with Crippen LogP contribution in [-0.4, -0.2) is 30.0 Å². The smallest absolute Gasteiger partial charge is 0.123 e. The van der Waals surface area contributed by atoms with Crippen LogP contribution in [0.2, 0.25) is 0 Å².